The van der Waals surface area contributed by atoms with Gasteiger partial charge in [0.15, 0.2) is 0 Å². The van der Waals surface area contributed by atoms with Gasteiger partial charge in [-0.05, 0) is 42.8 Å². The smallest absolute Gasteiger partial charge is 0.358 e. The Kier molecular flexibility index (Phi) is 9.41. The maximum atomic E-state index is 3.30. The van der Waals surface area contributed by atoms with Gasteiger partial charge in [-0.1, -0.05) is 90.0 Å². The van der Waals surface area contributed by atoms with Crippen LogP contribution in [0.4, 0.5) is 0 Å². The Morgan fingerprint density at radius 3 is 1.47 bits per heavy atom. The first-order valence-corrected chi connectivity index (χ1v) is 12.5. The van der Waals surface area contributed by atoms with Crippen molar-refractivity contribution in [2.45, 2.75) is 6.42 Å². The fourth-order valence-electron chi connectivity index (χ4n) is 4.31. The molecule has 0 unspecified atom stereocenters. The zero-order valence-corrected chi connectivity index (χ0v) is 21.2. The number of hydrogen-bond donors (Lipinski definition) is 0. The van der Waals surface area contributed by atoms with Gasteiger partial charge in [-0.15, -0.1) is 5.56 Å². The Morgan fingerprint density at radius 2 is 0.941 bits per heavy atom. The average molecular weight is 502 g/mol. The molecule has 0 amide bonds. The molecule has 1 aliphatic carbocycles. The summed E-state index contributed by atoms with van der Waals surface area (Å²) < 4.78 is 0. The van der Waals surface area contributed by atoms with Crippen LogP contribution >= 0.6 is 7.92 Å². The van der Waals surface area contributed by atoms with E-state index in [2.05, 4.69) is 133 Å². The third-order valence-corrected chi connectivity index (χ3v) is 8.54. The van der Waals surface area contributed by atoms with Crippen molar-refractivity contribution in [1.29, 1.82) is 0 Å². The molecule has 0 bridgehead atoms. The zero-order valence-electron chi connectivity index (χ0n) is 19.2. The molecule has 0 atom stereocenters. The molecule has 0 radical (unpaired) electrons. The van der Waals surface area contributed by atoms with E-state index in [9.17, 15) is 0 Å². The Balaban J connectivity index is 0.000000190. The van der Waals surface area contributed by atoms with Crippen LogP contribution in [0.3, 0.4) is 0 Å². The van der Waals surface area contributed by atoms with Gasteiger partial charge >= 0.3 is 16.5 Å². The largest absolute Gasteiger partial charge is 2.00 e. The van der Waals surface area contributed by atoms with Gasteiger partial charge in [-0.25, -0.2) is 0 Å². The van der Waals surface area contributed by atoms with Gasteiger partial charge in [0.1, 0.15) is 15.9 Å². The van der Waals surface area contributed by atoms with Crippen LogP contribution in [0, 0.1) is 13.5 Å². The molecular weight excluding hydrogens is 474 g/mol. The third-order valence-electron chi connectivity index (χ3n) is 5.80. The minimum atomic E-state index is -0.877. The first-order chi connectivity index (χ1) is 15.9. The van der Waals surface area contributed by atoms with Crippen molar-refractivity contribution in [1.82, 2.24) is 0 Å². The molecule has 0 N–H and O–H groups in total. The molecule has 0 spiro atoms. The number of hydrogen-bond acceptors (Lipinski definition) is 0. The minimum Gasteiger partial charge on any atom is -0.358 e. The summed E-state index contributed by atoms with van der Waals surface area (Å²) in [6.07, 6.45) is 1.05. The molecule has 6 rings (SSSR count). The third kappa shape index (κ3) is 5.74. The minimum absolute atomic E-state index is 0. The second-order valence-corrected chi connectivity index (χ2v) is 10.4. The second kappa shape index (κ2) is 12.5. The van der Waals surface area contributed by atoms with Crippen molar-refractivity contribution >= 4 is 23.8 Å². The molecule has 5 aromatic carbocycles. The van der Waals surface area contributed by atoms with Gasteiger partial charge in [0.05, 0.1) is 7.92 Å². The monoisotopic (exact) mass is 501 g/mol. The molecule has 34 heavy (non-hydrogen) atoms. The van der Waals surface area contributed by atoms with Crippen molar-refractivity contribution in [2.75, 3.05) is 0 Å². The van der Waals surface area contributed by atoms with E-state index >= 15 is 0 Å². The summed E-state index contributed by atoms with van der Waals surface area (Å²) in [6.45, 7) is 0. The van der Waals surface area contributed by atoms with Gasteiger partial charge in [0.2, 0.25) is 0 Å². The summed E-state index contributed by atoms with van der Waals surface area (Å²) in [7, 11) is -0.877. The molecule has 0 nitrogen and oxygen atoms in total. The van der Waals surface area contributed by atoms with Crippen LogP contribution in [0.1, 0.15) is 11.1 Å². The van der Waals surface area contributed by atoms with Crippen LogP contribution in [0.15, 0.2) is 133 Å². The van der Waals surface area contributed by atoms with E-state index in [1.54, 1.807) is 0 Å². The quantitative estimate of drug-likeness (QED) is 0.144. The molecule has 0 aliphatic heterocycles. The Bertz CT molecular complexity index is 1150. The molecule has 0 saturated heterocycles. The van der Waals surface area contributed by atoms with E-state index in [-0.39, 0.29) is 23.9 Å². The molecule has 0 saturated carbocycles. The predicted octanol–water partition coefficient (Wildman–Crippen LogP) is 6.68. The van der Waals surface area contributed by atoms with Crippen LogP contribution in [0.2, 0.25) is 0 Å². The normalized spacial score (nSPS) is 10.6. The molecule has 5 aromatic rings. The maximum Gasteiger partial charge on any atom is 2.00 e. The Labute approximate surface area is 215 Å². The number of rotatable bonds is 3. The second-order valence-electron chi connectivity index (χ2n) is 7.87. The van der Waals surface area contributed by atoms with Crippen LogP contribution in [-0.2, 0) is 22.9 Å². The summed E-state index contributed by atoms with van der Waals surface area (Å²) in [5.41, 5.74) is 5.51. The fraction of sp³-hybridized carbons (Fsp3) is 0.0312. The SMILES string of the molecule is [CH3-].[Ni+2].[c-]1cccc2c1Cc1ccccc1-2.c1ccc([PH+](c2ccccc2)c2ccccc2)cc1. The molecule has 170 valence electrons. The van der Waals surface area contributed by atoms with Crippen molar-refractivity contribution in [3.63, 3.8) is 0 Å². The molecule has 2 heteroatoms. The Morgan fingerprint density at radius 1 is 0.500 bits per heavy atom. The molecule has 1 aliphatic rings. The van der Waals surface area contributed by atoms with E-state index < -0.39 is 7.92 Å². The Hall–Kier alpha value is -2.98. The standard InChI is InChI=1S/C18H15P.C13H9.CH3.Ni/c1-4-10-16(11-5-1)19(17-12-6-2-7-13-17)18-14-8-3-9-15-18;1-3-7-12-10(5-1)9-11-6-2-4-8-13(11)12;;/h1-15H;1-5,7-8H,9H2;1H3;/q;2*-1;+2/p+1. The summed E-state index contributed by atoms with van der Waals surface area (Å²) in [5.74, 6) is 0. The molecule has 0 heterocycles. The number of benzene rings is 5. The van der Waals surface area contributed by atoms with Gasteiger partial charge < -0.3 is 7.43 Å². The van der Waals surface area contributed by atoms with Crippen LogP contribution in [-0.4, -0.2) is 0 Å². The van der Waals surface area contributed by atoms with E-state index in [0.29, 0.717) is 0 Å². The summed E-state index contributed by atoms with van der Waals surface area (Å²) in [6, 6.07) is 50.6. The van der Waals surface area contributed by atoms with Crippen molar-refractivity contribution in [3.05, 3.63) is 158 Å². The van der Waals surface area contributed by atoms with Gasteiger partial charge in [-0.3, -0.25) is 0 Å². The van der Waals surface area contributed by atoms with Gasteiger partial charge in [0, 0.05) is 0 Å². The van der Waals surface area contributed by atoms with Gasteiger partial charge in [0.25, 0.3) is 0 Å². The molecular formula is C32H28NiP+. The molecule has 0 aromatic heterocycles. The average Bonchev–Trinajstić information content (AvgIpc) is 3.26. The van der Waals surface area contributed by atoms with E-state index in [0.717, 1.165) is 6.42 Å². The molecule has 0 fully saturated rings. The predicted molar refractivity (Wildman–Crippen MR) is 146 cm³/mol. The van der Waals surface area contributed by atoms with E-state index in [1.807, 2.05) is 6.07 Å². The van der Waals surface area contributed by atoms with E-state index in [4.69, 9.17) is 0 Å². The first kappa shape index (κ1) is 25.6. The van der Waals surface area contributed by atoms with E-state index in [1.165, 1.54) is 38.2 Å². The first-order valence-electron chi connectivity index (χ1n) is 11.0. The number of fused-ring (bicyclic) bond motifs is 3. The summed E-state index contributed by atoms with van der Waals surface area (Å²) in [5, 5.41) is 4.31. The van der Waals surface area contributed by atoms with Crippen molar-refractivity contribution in [3.8, 4) is 11.1 Å². The zero-order chi connectivity index (χ0) is 21.6. The van der Waals surface area contributed by atoms with Crippen molar-refractivity contribution < 1.29 is 16.5 Å². The van der Waals surface area contributed by atoms with Crippen molar-refractivity contribution in [2.24, 2.45) is 0 Å². The van der Waals surface area contributed by atoms with Crippen LogP contribution in [0.5, 0.6) is 0 Å². The summed E-state index contributed by atoms with van der Waals surface area (Å²) in [4.78, 5) is 0. The fourth-order valence-corrected chi connectivity index (χ4v) is 6.89. The van der Waals surface area contributed by atoms with Crippen LogP contribution < -0.4 is 15.9 Å². The van der Waals surface area contributed by atoms with Crippen LogP contribution in [0.25, 0.3) is 11.1 Å². The van der Waals surface area contributed by atoms with Gasteiger partial charge in [-0.2, -0.15) is 29.8 Å². The topological polar surface area (TPSA) is 0 Å². The maximum absolute atomic E-state index is 3.30. The summed E-state index contributed by atoms with van der Waals surface area (Å²) >= 11 is 0.